The van der Waals surface area contributed by atoms with Gasteiger partial charge in [-0.2, -0.15) is 0 Å². The third-order valence-corrected chi connectivity index (χ3v) is 4.20. The van der Waals surface area contributed by atoms with E-state index >= 15 is 0 Å². The maximum Gasteiger partial charge on any atom is 0.203 e. The smallest absolute Gasteiger partial charge is 0.203 e. The molecule has 0 radical (unpaired) electrons. The van der Waals surface area contributed by atoms with Crippen molar-refractivity contribution >= 4 is 11.6 Å². The Bertz CT molecular complexity index is 658. The van der Waals surface area contributed by atoms with Crippen molar-refractivity contribution in [3.63, 3.8) is 0 Å². The van der Waals surface area contributed by atoms with Gasteiger partial charge in [-0.25, -0.2) is 4.98 Å². The van der Waals surface area contributed by atoms with Gasteiger partial charge >= 0.3 is 0 Å². The summed E-state index contributed by atoms with van der Waals surface area (Å²) in [6.45, 7) is 6.43. The van der Waals surface area contributed by atoms with E-state index in [1.54, 1.807) is 0 Å². The monoisotopic (exact) mass is 284 g/mol. The summed E-state index contributed by atoms with van der Waals surface area (Å²) in [5.41, 5.74) is 6.02. The molecule has 0 amide bonds. The molecule has 1 aromatic heterocycles. The molecule has 2 aromatic rings. The standard InChI is InChI=1S/C16H20N4O/c1-11-2-3-13-12(10-11)15-14(4-5-17-13)18-16(19-15)20-6-8-21-9-7-20/h2-3,10,17H,4-9H2,1H3,(H,18,19). The molecule has 1 saturated heterocycles. The van der Waals surface area contributed by atoms with Crippen LogP contribution in [0.15, 0.2) is 18.2 Å². The van der Waals surface area contributed by atoms with E-state index in [-0.39, 0.29) is 0 Å². The lowest BCUT2D eigenvalue weighted by Crippen LogP contribution is -2.36. The normalized spacial score (nSPS) is 17.7. The van der Waals surface area contributed by atoms with E-state index in [2.05, 4.69) is 40.3 Å². The quantitative estimate of drug-likeness (QED) is 0.843. The van der Waals surface area contributed by atoms with Crippen molar-refractivity contribution in [2.24, 2.45) is 0 Å². The summed E-state index contributed by atoms with van der Waals surface area (Å²) in [7, 11) is 0. The zero-order valence-electron chi connectivity index (χ0n) is 12.3. The Morgan fingerprint density at radius 2 is 2.10 bits per heavy atom. The van der Waals surface area contributed by atoms with Gasteiger partial charge in [0, 0.05) is 37.3 Å². The van der Waals surface area contributed by atoms with Crippen molar-refractivity contribution in [3.05, 3.63) is 29.5 Å². The Morgan fingerprint density at radius 3 is 2.95 bits per heavy atom. The molecular weight excluding hydrogens is 264 g/mol. The van der Waals surface area contributed by atoms with Gasteiger partial charge in [0.25, 0.3) is 0 Å². The number of nitrogens with zero attached hydrogens (tertiary/aromatic N) is 2. The average Bonchev–Trinajstić information content (AvgIpc) is 2.87. The fourth-order valence-corrected chi connectivity index (χ4v) is 3.06. The van der Waals surface area contributed by atoms with Crippen molar-refractivity contribution < 1.29 is 4.74 Å². The van der Waals surface area contributed by atoms with Gasteiger partial charge in [-0.3, -0.25) is 0 Å². The highest BCUT2D eigenvalue weighted by atomic mass is 16.5. The lowest BCUT2D eigenvalue weighted by atomic mass is 10.1. The third kappa shape index (κ3) is 2.27. The summed E-state index contributed by atoms with van der Waals surface area (Å²) in [6.07, 6.45) is 0.948. The van der Waals surface area contributed by atoms with Crippen molar-refractivity contribution in [2.45, 2.75) is 13.3 Å². The van der Waals surface area contributed by atoms with E-state index in [1.807, 2.05) is 0 Å². The van der Waals surface area contributed by atoms with Crippen LogP contribution in [0.3, 0.4) is 0 Å². The second-order valence-corrected chi connectivity index (χ2v) is 5.71. The fraction of sp³-hybridized carbons (Fsp3) is 0.438. The van der Waals surface area contributed by atoms with E-state index in [0.29, 0.717) is 0 Å². The minimum Gasteiger partial charge on any atom is -0.384 e. The van der Waals surface area contributed by atoms with E-state index in [4.69, 9.17) is 9.72 Å². The van der Waals surface area contributed by atoms with Gasteiger partial charge in [0.1, 0.15) is 0 Å². The molecule has 0 spiro atoms. The molecule has 0 bridgehead atoms. The van der Waals surface area contributed by atoms with Crippen molar-refractivity contribution in [1.82, 2.24) is 9.97 Å². The van der Waals surface area contributed by atoms with Crippen molar-refractivity contribution in [3.8, 4) is 11.3 Å². The minimum atomic E-state index is 0.780. The van der Waals surface area contributed by atoms with Crippen LogP contribution in [0, 0.1) is 6.92 Å². The second kappa shape index (κ2) is 5.07. The molecule has 3 heterocycles. The first-order valence-corrected chi connectivity index (χ1v) is 7.58. The molecule has 5 heteroatoms. The number of benzene rings is 1. The Labute approximate surface area is 124 Å². The van der Waals surface area contributed by atoms with Crippen LogP contribution in [-0.4, -0.2) is 42.8 Å². The molecule has 0 unspecified atom stereocenters. The van der Waals surface area contributed by atoms with Crippen LogP contribution in [0.1, 0.15) is 11.3 Å². The number of imidazole rings is 1. The molecule has 1 aromatic carbocycles. The highest BCUT2D eigenvalue weighted by molar-refractivity contribution is 5.79. The summed E-state index contributed by atoms with van der Waals surface area (Å²) >= 11 is 0. The zero-order valence-corrected chi connectivity index (χ0v) is 12.3. The SMILES string of the molecule is Cc1ccc2c(c1)-c1[nH]c(N3CCOCC3)nc1CCN2. The lowest BCUT2D eigenvalue weighted by molar-refractivity contribution is 0.122. The van der Waals surface area contributed by atoms with Gasteiger partial charge in [-0.15, -0.1) is 0 Å². The van der Waals surface area contributed by atoms with E-state index in [0.717, 1.165) is 50.9 Å². The number of hydrogen-bond acceptors (Lipinski definition) is 4. The molecule has 2 aliphatic rings. The number of hydrogen-bond donors (Lipinski definition) is 2. The van der Waals surface area contributed by atoms with Crippen LogP contribution in [-0.2, 0) is 11.2 Å². The zero-order chi connectivity index (χ0) is 14.2. The first kappa shape index (κ1) is 12.7. The first-order chi connectivity index (χ1) is 10.3. The number of nitrogens with one attached hydrogen (secondary N) is 2. The summed E-state index contributed by atoms with van der Waals surface area (Å²) < 4.78 is 5.42. The summed E-state index contributed by atoms with van der Waals surface area (Å²) in [6, 6.07) is 6.54. The molecule has 5 nitrogen and oxygen atoms in total. The van der Waals surface area contributed by atoms with Crippen molar-refractivity contribution in [2.75, 3.05) is 43.1 Å². The number of anilines is 2. The van der Waals surface area contributed by atoms with Crippen LogP contribution in [0.25, 0.3) is 11.3 Å². The number of aryl methyl sites for hydroxylation is 1. The molecule has 21 heavy (non-hydrogen) atoms. The van der Waals surface area contributed by atoms with E-state index in [9.17, 15) is 0 Å². The maximum absolute atomic E-state index is 5.42. The van der Waals surface area contributed by atoms with Gasteiger partial charge in [0.15, 0.2) is 0 Å². The Balaban J connectivity index is 1.77. The van der Waals surface area contributed by atoms with Crippen LogP contribution >= 0.6 is 0 Å². The summed E-state index contributed by atoms with van der Waals surface area (Å²) in [5.74, 6) is 0.984. The van der Waals surface area contributed by atoms with Gasteiger partial charge in [-0.1, -0.05) is 11.6 Å². The van der Waals surface area contributed by atoms with E-state index in [1.165, 1.54) is 22.5 Å². The largest absolute Gasteiger partial charge is 0.384 e. The van der Waals surface area contributed by atoms with Gasteiger partial charge in [-0.05, 0) is 19.1 Å². The number of rotatable bonds is 1. The molecule has 1 fully saturated rings. The average molecular weight is 284 g/mol. The minimum absolute atomic E-state index is 0.780. The molecule has 4 rings (SSSR count). The summed E-state index contributed by atoms with van der Waals surface area (Å²) in [4.78, 5) is 10.7. The topological polar surface area (TPSA) is 53.2 Å². The van der Waals surface area contributed by atoms with Crippen LogP contribution in [0.4, 0.5) is 11.6 Å². The predicted molar refractivity (Wildman–Crippen MR) is 84.0 cm³/mol. The molecule has 0 aliphatic carbocycles. The third-order valence-electron chi connectivity index (χ3n) is 4.20. The molecule has 0 atom stereocenters. The Morgan fingerprint density at radius 1 is 1.24 bits per heavy atom. The van der Waals surface area contributed by atoms with Gasteiger partial charge < -0.3 is 19.9 Å². The molecule has 110 valence electrons. The number of ether oxygens (including phenoxy) is 1. The molecule has 0 saturated carbocycles. The van der Waals surface area contributed by atoms with Crippen LogP contribution in [0.5, 0.6) is 0 Å². The molecular formula is C16H20N4O. The second-order valence-electron chi connectivity index (χ2n) is 5.71. The Kier molecular flexibility index (Phi) is 3.07. The summed E-state index contributed by atoms with van der Waals surface area (Å²) in [5, 5.41) is 3.49. The number of H-pyrrole nitrogens is 1. The fourth-order valence-electron chi connectivity index (χ4n) is 3.06. The number of aromatic amines is 1. The first-order valence-electron chi connectivity index (χ1n) is 7.58. The number of aromatic nitrogens is 2. The van der Waals surface area contributed by atoms with Gasteiger partial charge in [0.05, 0.1) is 24.6 Å². The van der Waals surface area contributed by atoms with Crippen LogP contribution in [0.2, 0.25) is 0 Å². The number of morpholine rings is 1. The lowest BCUT2D eigenvalue weighted by Gasteiger charge is -2.26. The number of fused-ring (bicyclic) bond motifs is 3. The molecule has 2 N–H and O–H groups in total. The maximum atomic E-state index is 5.42. The Hall–Kier alpha value is -2.01. The highest BCUT2D eigenvalue weighted by Gasteiger charge is 2.21. The van der Waals surface area contributed by atoms with Gasteiger partial charge in [0.2, 0.25) is 5.95 Å². The highest BCUT2D eigenvalue weighted by Crippen LogP contribution is 2.34. The van der Waals surface area contributed by atoms with E-state index < -0.39 is 0 Å². The molecule has 2 aliphatic heterocycles. The van der Waals surface area contributed by atoms with Crippen LogP contribution < -0.4 is 10.2 Å². The van der Waals surface area contributed by atoms with Crippen molar-refractivity contribution in [1.29, 1.82) is 0 Å². The predicted octanol–water partition coefficient (Wildman–Crippen LogP) is 2.19.